The van der Waals surface area contributed by atoms with Crippen LogP contribution in [0.15, 0.2) is 18.2 Å². The molecule has 0 saturated heterocycles. The van der Waals surface area contributed by atoms with Gasteiger partial charge in [0.25, 0.3) is 0 Å². The fourth-order valence-electron chi connectivity index (χ4n) is 2.10. The van der Waals surface area contributed by atoms with Crippen molar-refractivity contribution in [3.8, 4) is 11.5 Å². The Morgan fingerprint density at radius 1 is 1.11 bits per heavy atom. The summed E-state index contributed by atoms with van der Waals surface area (Å²) in [6.45, 7) is 5.05. The summed E-state index contributed by atoms with van der Waals surface area (Å²) in [4.78, 5) is 0. The van der Waals surface area contributed by atoms with Crippen molar-refractivity contribution in [2.75, 3.05) is 0 Å². The minimum atomic E-state index is 0.104. The van der Waals surface area contributed by atoms with E-state index in [1.807, 2.05) is 0 Å². The maximum absolute atomic E-state index is 9.71. The van der Waals surface area contributed by atoms with Gasteiger partial charge >= 0.3 is 0 Å². The van der Waals surface area contributed by atoms with Gasteiger partial charge in [-0.15, -0.1) is 0 Å². The van der Waals surface area contributed by atoms with E-state index < -0.39 is 0 Å². The van der Waals surface area contributed by atoms with Gasteiger partial charge in [-0.3, -0.25) is 0 Å². The Labute approximate surface area is 110 Å². The first-order valence-corrected chi connectivity index (χ1v) is 6.91. The summed E-state index contributed by atoms with van der Waals surface area (Å²) < 4.78 is 0. The number of unbranched alkanes of at least 4 members (excludes halogenated alkanes) is 1. The van der Waals surface area contributed by atoms with Crippen molar-refractivity contribution in [1.82, 2.24) is 5.32 Å². The van der Waals surface area contributed by atoms with Crippen LogP contribution in [-0.2, 0) is 6.54 Å². The predicted molar refractivity (Wildman–Crippen MR) is 74.8 cm³/mol. The fourth-order valence-corrected chi connectivity index (χ4v) is 2.10. The largest absolute Gasteiger partial charge is 0.508 e. The van der Waals surface area contributed by atoms with Crippen LogP contribution in [0, 0.1) is 0 Å². The van der Waals surface area contributed by atoms with E-state index in [1.165, 1.54) is 38.2 Å². The Morgan fingerprint density at radius 2 is 1.89 bits per heavy atom. The number of benzene rings is 1. The van der Waals surface area contributed by atoms with Crippen LogP contribution in [0.4, 0.5) is 0 Å². The standard InChI is InChI=1S/C15H25NO2/c1-3-5-7-13(6-4-2)16-11-12-8-9-14(17)10-15(12)18/h8-10,13,16-18H,3-7,11H2,1-2H3. The van der Waals surface area contributed by atoms with E-state index in [4.69, 9.17) is 0 Å². The fraction of sp³-hybridized carbons (Fsp3) is 0.600. The van der Waals surface area contributed by atoms with Crippen LogP contribution in [0.3, 0.4) is 0 Å². The van der Waals surface area contributed by atoms with E-state index in [0.717, 1.165) is 5.56 Å². The minimum Gasteiger partial charge on any atom is -0.508 e. The SMILES string of the molecule is CCCCC(CCC)NCc1ccc(O)cc1O. The first-order valence-electron chi connectivity index (χ1n) is 6.91. The first-order chi connectivity index (χ1) is 8.67. The topological polar surface area (TPSA) is 52.5 Å². The third kappa shape index (κ3) is 4.96. The molecule has 0 aliphatic rings. The molecule has 1 aromatic carbocycles. The van der Waals surface area contributed by atoms with Crippen molar-refractivity contribution in [2.45, 2.75) is 58.5 Å². The minimum absolute atomic E-state index is 0.104. The van der Waals surface area contributed by atoms with E-state index in [1.54, 1.807) is 12.1 Å². The van der Waals surface area contributed by atoms with Crippen molar-refractivity contribution in [3.05, 3.63) is 23.8 Å². The average molecular weight is 251 g/mol. The summed E-state index contributed by atoms with van der Waals surface area (Å²) in [6, 6.07) is 5.28. The van der Waals surface area contributed by atoms with Crippen molar-refractivity contribution in [3.63, 3.8) is 0 Å². The highest BCUT2D eigenvalue weighted by Gasteiger charge is 2.08. The number of phenols is 2. The summed E-state index contributed by atoms with van der Waals surface area (Å²) in [7, 11) is 0. The molecule has 0 saturated carbocycles. The van der Waals surface area contributed by atoms with Crippen molar-refractivity contribution in [2.24, 2.45) is 0 Å². The zero-order valence-electron chi connectivity index (χ0n) is 11.4. The summed E-state index contributed by atoms with van der Waals surface area (Å²) in [5, 5.41) is 22.4. The molecule has 0 amide bonds. The zero-order valence-corrected chi connectivity index (χ0v) is 11.4. The summed E-state index contributed by atoms with van der Waals surface area (Å²) >= 11 is 0. The van der Waals surface area contributed by atoms with Gasteiger partial charge in [-0.2, -0.15) is 0 Å². The maximum atomic E-state index is 9.71. The van der Waals surface area contributed by atoms with Gasteiger partial charge in [-0.1, -0.05) is 39.2 Å². The van der Waals surface area contributed by atoms with Gasteiger partial charge in [0.1, 0.15) is 11.5 Å². The first kappa shape index (κ1) is 14.8. The third-order valence-corrected chi connectivity index (χ3v) is 3.19. The Hall–Kier alpha value is -1.22. The second-order valence-electron chi connectivity index (χ2n) is 4.82. The number of hydrogen-bond donors (Lipinski definition) is 3. The normalized spacial score (nSPS) is 12.6. The average Bonchev–Trinajstić information content (AvgIpc) is 2.34. The molecule has 0 spiro atoms. The molecule has 1 atom stereocenters. The summed E-state index contributed by atoms with van der Waals surface area (Å²) in [5.74, 6) is 0.264. The molecule has 3 heteroatoms. The van der Waals surface area contributed by atoms with Crippen molar-refractivity contribution in [1.29, 1.82) is 0 Å². The van der Waals surface area contributed by atoms with Gasteiger partial charge < -0.3 is 15.5 Å². The smallest absolute Gasteiger partial charge is 0.123 e. The summed E-state index contributed by atoms with van der Waals surface area (Å²) in [6.07, 6.45) is 5.97. The molecule has 0 fully saturated rings. The van der Waals surface area contributed by atoms with E-state index in [-0.39, 0.29) is 11.5 Å². The van der Waals surface area contributed by atoms with Crippen LogP contribution in [-0.4, -0.2) is 16.3 Å². The molecule has 0 aliphatic carbocycles. The van der Waals surface area contributed by atoms with Gasteiger partial charge in [0.15, 0.2) is 0 Å². The molecule has 0 radical (unpaired) electrons. The molecule has 18 heavy (non-hydrogen) atoms. The molecule has 3 N–H and O–H groups in total. The zero-order chi connectivity index (χ0) is 13.4. The van der Waals surface area contributed by atoms with E-state index in [0.29, 0.717) is 12.6 Å². The molecule has 0 bridgehead atoms. The predicted octanol–water partition coefficient (Wildman–Crippen LogP) is 3.55. The van der Waals surface area contributed by atoms with Crippen molar-refractivity contribution >= 4 is 0 Å². The molecule has 0 heterocycles. The number of rotatable bonds is 8. The lowest BCUT2D eigenvalue weighted by Crippen LogP contribution is -2.28. The van der Waals surface area contributed by atoms with E-state index >= 15 is 0 Å². The van der Waals surface area contributed by atoms with Crippen molar-refractivity contribution < 1.29 is 10.2 Å². The molecule has 0 aromatic heterocycles. The van der Waals surface area contributed by atoms with Crippen LogP contribution in [0.1, 0.15) is 51.5 Å². The lowest BCUT2D eigenvalue weighted by Gasteiger charge is -2.18. The Morgan fingerprint density at radius 3 is 2.50 bits per heavy atom. The number of hydrogen-bond acceptors (Lipinski definition) is 3. The second-order valence-corrected chi connectivity index (χ2v) is 4.82. The number of phenolic OH excluding ortho intramolecular Hbond substituents is 2. The molecule has 0 aliphatic heterocycles. The Bertz CT molecular complexity index is 352. The summed E-state index contributed by atoms with van der Waals surface area (Å²) in [5.41, 5.74) is 0.838. The molecule has 102 valence electrons. The second kappa shape index (κ2) is 7.98. The van der Waals surface area contributed by atoms with Crippen LogP contribution >= 0.6 is 0 Å². The van der Waals surface area contributed by atoms with Crippen LogP contribution in [0.2, 0.25) is 0 Å². The molecule has 3 nitrogen and oxygen atoms in total. The van der Waals surface area contributed by atoms with Crippen LogP contribution in [0.5, 0.6) is 11.5 Å². The highest BCUT2D eigenvalue weighted by atomic mass is 16.3. The highest BCUT2D eigenvalue weighted by molar-refractivity contribution is 5.38. The Kier molecular flexibility index (Phi) is 6.58. The van der Waals surface area contributed by atoms with Gasteiger partial charge in [0.2, 0.25) is 0 Å². The molecule has 1 rings (SSSR count). The maximum Gasteiger partial charge on any atom is 0.123 e. The van der Waals surface area contributed by atoms with Gasteiger partial charge in [0, 0.05) is 24.2 Å². The highest BCUT2D eigenvalue weighted by Crippen LogP contribution is 2.22. The third-order valence-electron chi connectivity index (χ3n) is 3.19. The Balaban J connectivity index is 2.49. The number of aromatic hydroxyl groups is 2. The lowest BCUT2D eigenvalue weighted by atomic mass is 10.0. The molecular formula is C15H25NO2. The van der Waals surface area contributed by atoms with Crippen LogP contribution < -0.4 is 5.32 Å². The van der Waals surface area contributed by atoms with Crippen LogP contribution in [0.25, 0.3) is 0 Å². The van der Waals surface area contributed by atoms with E-state index in [9.17, 15) is 10.2 Å². The number of nitrogens with one attached hydrogen (secondary N) is 1. The monoisotopic (exact) mass is 251 g/mol. The van der Waals surface area contributed by atoms with Gasteiger partial charge in [0.05, 0.1) is 0 Å². The van der Waals surface area contributed by atoms with Gasteiger partial charge in [-0.05, 0) is 18.9 Å². The molecular weight excluding hydrogens is 226 g/mol. The molecule has 1 aromatic rings. The van der Waals surface area contributed by atoms with Gasteiger partial charge in [-0.25, -0.2) is 0 Å². The van der Waals surface area contributed by atoms with E-state index in [2.05, 4.69) is 19.2 Å². The molecule has 1 unspecified atom stereocenters. The quantitative estimate of drug-likeness (QED) is 0.662. The lowest BCUT2D eigenvalue weighted by molar-refractivity contribution is 0.418.